The molecule has 0 saturated heterocycles. The number of allylic oxidation sites excluding steroid dienone is 8. The Morgan fingerprint density at radius 2 is 1.16 bits per heavy atom. The average molecular weight is 455 g/mol. The van der Waals surface area contributed by atoms with Gasteiger partial charge in [-0.3, -0.25) is 0 Å². The Bertz CT molecular complexity index is 457. The minimum Gasteiger partial charge on any atom is -1.00 e. The van der Waals surface area contributed by atoms with Gasteiger partial charge in [-0.15, -0.1) is 0 Å². The van der Waals surface area contributed by atoms with Gasteiger partial charge in [-0.1, -0.05) is 0 Å². The van der Waals surface area contributed by atoms with Crippen molar-refractivity contribution in [3.8, 4) is 0 Å². The molecule has 0 aliphatic heterocycles. The van der Waals surface area contributed by atoms with E-state index < -0.39 is 39.1 Å². The van der Waals surface area contributed by atoms with Crippen molar-refractivity contribution in [1.82, 2.24) is 0 Å². The van der Waals surface area contributed by atoms with Crippen LogP contribution in [-0.4, -0.2) is 16.1 Å². The van der Waals surface area contributed by atoms with Crippen molar-refractivity contribution in [2.24, 2.45) is 0 Å². The summed E-state index contributed by atoms with van der Waals surface area (Å²) < 4.78 is 3.82. The number of hydrogen-bond acceptors (Lipinski definition) is 0. The summed E-state index contributed by atoms with van der Waals surface area (Å²) in [5.74, 6) is 0. The molecule has 0 aromatic heterocycles. The molecular formula is C16H28HfSi2-2. The van der Waals surface area contributed by atoms with Gasteiger partial charge < -0.3 is 2.85 Å². The van der Waals surface area contributed by atoms with Crippen LogP contribution in [0.3, 0.4) is 0 Å². The Morgan fingerprint density at radius 3 is 1.47 bits per heavy atom. The number of rotatable bonds is 4. The van der Waals surface area contributed by atoms with E-state index in [0.717, 1.165) is 0 Å². The molecule has 0 amide bonds. The van der Waals surface area contributed by atoms with Crippen LogP contribution in [0.5, 0.6) is 0 Å². The molecule has 0 nitrogen and oxygen atoms in total. The zero-order chi connectivity index (χ0) is 14.3. The van der Waals surface area contributed by atoms with E-state index in [1.165, 1.54) is 12.8 Å². The topological polar surface area (TPSA) is 0 Å². The summed E-state index contributed by atoms with van der Waals surface area (Å²) in [6.07, 6.45) is 12.3. The van der Waals surface area contributed by atoms with Gasteiger partial charge in [0.2, 0.25) is 0 Å². The molecule has 2 aliphatic rings. The molecule has 2 aliphatic carbocycles. The molecule has 19 heavy (non-hydrogen) atoms. The maximum Gasteiger partial charge on any atom is -1.00 e. The smallest absolute Gasteiger partial charge is 1.00 e. The van der Waals surface area contributed by atoms with Crippen molar-refractivity contribution in [1.29, 1.82) is 0 Å². The van der Waals surface area contributed by atoms with Gasteiger partial charge in [0.05, 0.1) is 0 Å². The van der Waals surface area contributed by atoms with Crippen molar-refractivity contribution in [2.45, 2.75) is 52.1 Å². The summed E-state index contributed by atoms with van der Waals surface area (Å²) in [7, 11) is -2.23. The fourth-order valence-electron chi connectivity index (χ4n) is 2.83. The second-order valence-corrected chi connectivity index (χ2v) is 22.9. The summed E-state index contributed by atoms with van der Waals surface area (Å²) in [5.41, 5.74) is 0. The summed E-state index contributed by atoms with van der Waals surface area (Å²) in [6.45, 7) is 15.0. The molecule has 0 heterocycles. The van der Waals surface area contributed by atoms with E-state index in [0.29, 0.717) is 0 Å². The molecule has 0 unspecified atom stereocenters. The molecule has 0 radical (unpaired) electrons. The predicted molar refractivity (Wildman–Crippen MR) is 90.5 cm³/mol. The Labute approximate surface area is 135 Å². The summed E-state index contributed by atoms with van der Waals surface area (Å²) in [4.78, 5) is 0. The largest absolute Gasteiger partial charge is 1.00 e. The zero-order valence-electron chi connectivity index (χ0n) is 15.2. The Kier molecular flexibility index (Phi) is 4.59. The van der Waals surface area contributed by atoms with E-state index in [9.17, 15) is 0 Å². The molecule has 3 heteroatoms. The monoisotopic (exact) mass is 456 g/mol. The third kappa shape index (κ3) is 3.67. The molecule has 0 fully saturated rings. The molecule has 0 aromatic rings. The first-order chi connectivity index (χ1) is 8.69. The normalized spacial score (nSPS) is 19.9. The fraction of sp³-hybridized carbons (Fsp3) is 0.500. The van der Waals surface area contributed by atoms with E-state index in [1.807, 2.05) is 6.66 Å². The van der Waals surface area contributed by atoms with E-state index in [2.05, 4.69) is 63.6 Å². The van der Waals surface area contributed by atoms with Crippen molar-refractivity contribution in [3.63, 3.8) is 0 Å². The molecule has 2 rings (SSSR count). The van der Waals surface area contributed by atoms with Crippen molar-refractivity contribution in [3.05, 3.63) is 41.4 Å². The van der Waals surface area contributed by atoms with Crippen LogP contribution in [0.2, 0.25) is 39.3 Å². The molecule has 0 aromatic carbocycles. The van der Waals surface area contributed by atoms with E-state index in [4.69, 9.17) is 0 Å². The molecule has 0 N–H and O–H groups in total. The summed E-state index contributed by atoms with van der Waals surface area (Å²) in [6, 6.07) is 0. The van der Waals surface area contributed by atoms with E-state index >= 15 is 0 Å². The Balaban J connectivity index is 0.00000200. The van der Waals surface area contributed by atoms with E-state index in [-0.39, 0.29) is 2.85 Å². The van der Waals surface area contributed by atoms with Crippen LogP contribution in [0, 0.1) is 0 Å². The average Bonchev–Trinajstić information content (AvgIpc) is 2.83. The molecular weight excluding hydrogens is 427 g/mol. The van der Waals surface area contributed by atoms with Gasteiger partial charge in [0.1, 0.15) is 0 Å². The van der Waals surface area contributed by atoms with E-state index in [1.54, 1.807) is 10.4 Å². The van der Waals surface area contributed by atoms with Crippen LogP contribution >= 0.6 is 0 Å². The van der Waals surface area contributed by atoms with Gasteiger partial charge in [-0.05, 0) is 0 Å². The van der Waals surface area contributed by atoms with Gasteiger partial charge >= 0.3 is 133 Å². The summed E-state index contributed by atoms with van der Waals surface area (Å²) in [5, 5.41) is 3.59. The third-order valence-electron chi connectivity index (χ3n) is 3.78. The van der Waals surface area contributed by atoms with Gasteiger partial charge in [0.25, 0.3) is 0 Å². The predicted octanol–water partition coefficient (Wildman–Crippen LogP) is 5.48. The molecule has 0 saturated carbocycles. The third-order valence-corrected chi connectivity index (χ3v) is 15.3. The van der Waals surface area contributed by atoms with Gasteiger partial charge in [0, 0.05) is 0 Å². The molecule has 0 bridgehead atoms. The summed E-state index contributed by atoms with van der Waals surface area (Å²) >= 11 is -0.755. The molecule has 0 atom stereocenters. The Hall–Kier alpha value is 0.264. The van der Waals surface area contributed by atoms with Crippen LogP contribution in [-0.2, 0) is 22.9 Å². The SMILES string of the molecule is C[Si](C)(C)C1=[C]([Hf][C]2=C([Si](C)(C)C)C=CC2)CC=C1.[H-].[H-]. The molecule has 106 valence electrons. The van der Waals surface area contributed by atoms with Crippen LogP contribution in [0.1, 0.15) is 15.7 Å². The van der Waals surface area contributed by atoms with Crippen molar-refractivity contribution >= 4 is 16.1 Å². The van der Waals surface area contributed by atoms with Crippen LogP contribution in [0.25, 0.3) is 0 Å². The maximum atomic E-state index is 2.50. The maximum absolute atomic E-state index is 2.50. The van der Waals surface area contributed by atoms with Gasteiger partial charge in [-0.25, -0.2) is 0 Å². The minimum absolute atomic E-state index is 0. The quantitative estimate of drug-likeness (QED) is 0.493. The van der Waals surface area contributed by atoms with Crippen molar-refractivity contribution < 1.29 is 25.8 Å². The second-order valence-electron chi connectivity index (χ2n) is 7.62. The zero-order valence-corrected chi connectivity index (χ0v) is 18.8. The standard InChI is InChI=1S/2C8H13Si.Hf.2H/c2*1-9(2,3)8-6-4-5-7-8;;;/h2*4,6H,5H2,1-3H3;;;/q;;;2*-1. The van der Waals surface area contributed by atoms with Crippen LogP contribution in [0.15, 0.2) is 41.4 Å². The Morgan fingerprint density at radius 1 is 0.789 bits per heavy atom. The van der Waals surface area contributed by atoms with Crippen LogP contribution < -0.4 is 0 Å². The first-order valence-electron chi connectivity index (χ1n) is 7.27. The van der Waals surface area contributed by atoms with Crippen LogP contribution in [0.4, 0.5) is 0 Å². The van der Waals surface area contributed by atoms with Gasteiger partial charge in [-0.2, -0.15) is 0 Å². The fourth-order valence-corrected chi connectivity index (χ4v) is 19.6. The first kappa shape index (κ1) is 15.6. The minimum atomic E-state index is -1.12. The number of hydrogen-bond donors (Lipinski definition) is 0. The second kappa shape index (κ2) is 5.57. The first-order valence-corrected chi connectivity index (χ1v) is 17.9. The molecule has 0 spiro atoms. The van der Waals surface area contributed by atoms with Gasteiger partial charge in [0.15, 0.2) is 0 Å². The van der Waals surface area contributed by atoms with Crippen molar-refractivity contribution in [2.75, 3.05) is 0 Å².